The highest BCUT2D eigenvalue weighted by Gasteiger charge is 2.21. The molecule has 1 aromatic carbocycles. The van der Waals surface area contributed by atoms with Crippen LogP contribution in [0.15, 0.2) is 46.0 Å². The number of carbonyl (C=O) groups is 3. The van der Waals surface area contributed by atoms with Crippen molar-refractivity contribution in [3.63, 3.8) is 0 Å². The van der Waals surface area contributed by atoms with E-state index in [-0.39, 0.29) is 15.5 Å². The Bertz CT molecular complexity index is 924. The van der Waals surface area contributed by atoms with Gasteiger partial charge in [-0.15, -0.1) is 11.3 Å². The van der Waals surface area contributed by atoms with Crippen LogP contribution in [-0.4, -0.2) is 39.5 Å². The van der Waals surface area contributed by atoms with E-state index in [1.165, 1.54) is 44.3 Å². The lowest BCUT2D eigenvalue weighted by Gasteiger charge is -2.13. The number of benzene rings is 1. The number of thiophene rings is 1. The van der Waals surface area contributed by atoms with E-state index in [4.69, 9.17) is 4.74 Å². The van der Waals surface area contributed by atoms with Crippen LogP contribution < -0.4 is 15.4 Å². The second kappa shape index (κ2) is 8.64. The van der Waals surface area contributed by atoms with E-state index in [1.807, 2.05) is 5.32 Å². The van der Waals surface area contributed by atoms with Gasteiger partial charge in [0.05, 0.1) is 5.56 Å². The van der Waals surface area contributed by atoms with Crippen molar-refractivity contribution in [2.75, 3.05) is 11.8 Å². The Morgan fingerprint density at radius 1 is 1.11 bits per heavy atom. The van der Waals surface area contributed by atoms with E-state index in [0.717, 1.165) is 11.3 Å². The molecule has 1 atom stereocenters. The second-order valence-corrected chi connectivity index (χ2v) is 8.09. The van der Waals surface area contributed by atoms with E-state index in [1.54, 1.807) is 11.4 Å². The molecule has 0 radical (unpaired) electrons. The first kappa shape index (κ1) is 20.4. The largest absolute Gasteiger partial charge is 0.449 e. The molecule has 0 aliphatic rings. The highest BCUT2D eigenvalue weighted by molar-refractivity contribution is 7.94. The van der Waals surface area contributed by atoms with Crippen LogP contribution in [0.2, 0.25) is 0 Å². The standard InChI is InChI=1S/C16H17N3O6S2/c1-10(14(20)18-16(22)17-2)25-15(21)11-5-7-12(8-6-11)19-27(23,24)13-4-3-9-26-13/h3-10,19H,1-2H3,(H2,17,18,20,22)/t10-/m0/s1. The summed E-state index contributed by atoms with van der Waals surface area (Å²) in [5.41, 5.74) is 0.388. The third kappa shape index (κ3) is 5.53. The number of hydrogen-bond donors (Lipinski definition) is 3. The van der Waals surface area contributed by atoms with Gasteiger partial charge in [0.25, 0.3) is 15.9 Å². The molecule has 0 saturated carbocycles. The summed E-state index contributed by atoms with van der Waals surface area (Å²) in [7, 11) is -2.35. The van der Waals surface area contributed by atoms with Crippen LogP contribution in [0.3, 0.4) is 0 Å². The summed E-state index contributed by atoms with van der Waals surface area (Å²) in [6, 6.07) is 7.90. The fourth-order valence-corrected chi connectivity index (χ4v) is 3.91. The van der Waals surface area contributed by atoms with E-state index in [0.29, 0.717) is 0 Å². The van der Waals surface area contributed by atoms with Gasteiger partial charge in [-0.25, -0.2) is 18.0 Å². The summed E-state index contributed by atoms with van der Waals surface area (Å²) in [4.78, 5) is 34.8. The molecule has 0 bridgehead atoms. The summed E-state index contributed by atoms with van der Waals surface area (Å²) in [6.45, 7) is 1.32. The number of urea groups is 1. The minimum absolute atomic E-state index is 0.119. The topological polar surface area (TPSA) is 131 Å². The van der Waals surface area contributed by atoms with Crippen LogP contribution >= 0.6 is 11.3 Å². The molecule has 0 fully saturated rings. The van der Waals surface area contributed by atoms with Crippen molar-refractivity contribution in [2.45, 2.75) is 17.2 Å². The lowest BCUT2D eigenvalue weighted by atomic mass is 10.2. The molecule has 27 heavy (non-hydrogen) atoms. The molecule has 1 aromatic heterocycles. The Morgan fingerprint density at radius 3 is 2.33 bits per heavy atom. The normalized spacial score (nSPS) is 11.9. The van der Waals surface area contributed by atoms with Gasteiger partial charge in [0.1, 0.15) is 4.21 Å². The van der Waals surface area contributed by atoms with Gasteiger partial charge < -0.3 is 10.1 Å². The summed E-state index contributed by atoms with van der Waals surface area (Å²) >= 11 is 1.08. The fourth-order valence-electron chi connectivity index (χ4n) is 1.85. The molecule has 11 heteroatoms. The summed E-state index contributed by atoms with van der Waals surface area (Å²) in [5.74, 6) is -1.56. The Morgan fingerprint density at radius 2 is 1.78 bits per heavy atom. The highest BCUT2D eigenvalue weighted by Crippen LogP contribution is 2.20. The molecule has 144 valence electrons. The molecule has 0 saturated heterocycles. The molecule has 0 spiro atoms. The van der Waals surface area contributed by atoms with Gasteiger partial charge in [-0.3, -0.25) is 14.8 Å². The molecule has 0 aliphatic heterocycles. The van der Waals surface area contributed by atoms with Crippen molar-refractivity contribution < 1.29 is 27.5 Å². The van der Waals surface area contributed by atoms with Crippen molar-refractivity contribution in [1.82, 2.24) is 10.6 Å². The van der Waals surface area contributed by atoms with Crippen molar-refractivity contribution in [2.24, 2.45) is 0 Å². The lowest BCUT2D eigenvalue weighted by Crippen LogP contribution is -2.43. The maximum absolute atomic E-state index is 12.1. The molecule has 0 aliphatic carbocycles. The van der Waals surface area contributed by atoms with Crippen LogP contribution in [0.4, 0.5) is 10.5 Å². The highest BCUT2D eigenvalue weighted by atomic mass is 32.2. The minimum atomic E-state index is -3.69. The molecule has 3 N–H and O–H groups in total. The maximum Gasteiger partial charge on any atom is 0.338 e. The summed E-state index contributed by atoms with van der Waals surface area (Å²) in [6.07, 6.45) is -1.19. The van der Waals surface area contributed by atoms with Gasteiger partial charge in [0, 0.05) is 12.7 Å². The van der Waals surface area contributed by atoms with Gasteiger partial charge in [-0.05, 0) is 42.6 Å². The van der Waals surface area contributed by atoms with Crippen LogP contribution in [0.5, 0.6) is 0 Å². The quantitative estimate of drug-likeness (QED) is 0.618. The Hall–Kier alpha value is -2.92. The fraction of sp³-hybridized carbons (Fsp3) is 0.188. The Labute approximate surface area is 159 Å². The molecular formula is C16H17N3O6S2. The number of sulfonamides is 1. The first-order valence-electron chi connectivity index (χ1n) is 7.63. The molecule has 1 heterocycles. The van der Waals surface area contributed by atoms with Gasteiger partial charge in [0.2, 0.25) is 0 Å². The van der Waals surface area contributed by atoms with Gasteiger partial charge >= 0.3 is 12.0 Å². The molecule has 2 aromatic rings. The van der Waals surface area contributed by atoms with Crippen molar-refractivity contribution >= 4 is 45.0 Å². The van der Waals surface area contributed by atoms with Gasteiger partial charge in [0.15, 0.2) is 6.10 Å². The predicted molar refractivity (Wildman–Crippen MR) is 99.0 cm³/mol. The number of hydrogen-bond acceptors (Lipinski definition) is 7. The zero-order valence-electron chi connectivity index (χ0n) is 14.4. The third-order valence-electron chi connectivity index (χ3n) is 3.25. The Kier molecular flexibility index (Phi) is 6.53. The lowest BCUT2D eigenvalue weighted by molar-refractivity contribution is -0.127. The number of imide groups is 1. The minimum Gasteiger partial charge on any atom is -0.449 e. The monoisotopic (exact) mass is 411 g/mol. The Balaban J connectivity index is 1.99. The predicted octanol–water partition coefficient (Wildman–Crippen LogP) is 1.55. The first-order chi connectivity index (χ1) is 12.7. The number of nitrogens with one attached hydrogen (secondary N) is 3. The van der Waals surface area contributed by atoms with Crippen molar-refractivity contribution in [3.05, 3.63) is 47.3 Å². The molecule has 2 rings (SSSR count). The maximum atomic E-state index is 12.1. The van der Waals surface area contributed by atoms with E-state index >= 15 is 0 Å². The molecule has 3 amide bonds. The van der Waals surface area contributed by atoms with E-state index < -0.39 is 34.0 Å². The summed E-state index contributed by atoms with van der Waals surface area (Å²) < 4.78 is 31.8. The first-order valence-corrected chi connectivity index (χ1v) is 9.99. The number of esters is 1. The van der Waals surface area contributed by atoms with Crippen LogP contribution in [-0.2, 0) is 19.6 Å². The van der Waals surface area contributed by atoms with Gasteiger partial charge in [-0.1, -0.05) is 6.07 Å². The van der Waals surface area contributed by atoms with Gasteiger partial charge in [-0.2, -0.15) is 0 Å². The smallest absolute Gasteiger partial charge is 0.338 e. The second-order valence-electron chi connectivity index (χ2n) is 5.23. The SMILES string of the molecule is CNC(=O)NC(=O)[C@H](C)OC(=O)c1ccc(NS(=O)(=O)c2cccs2)cc1. The number of amides is 3. The number of carbonyl (C=O) groups excluding carboxylic acids is 3. The van der Waals surface area contributed by atoms with Crippen molar-refractivity contribution in [1.29, 1.82) is 0 Å². The number of anilines is 1. The molecule has 9 nitrogen and oxygen atoms in total. The average Bonchev–Trinajstić information content (AvgIpc) is 3.17. The number of ether oxygens (including phenoxy) is 1. The van der Waals surface area contributed by atoms with Crippen LogP contribution in [0.25, 0.3) is 0 Å². The third-order valence-corrected chi connectivity index (χ3v) is 6.03. The number of rotatable bonds is 6. The zero-order valence-corrected chi connectivity index (χ0v) is 16.0. The van der Waals surface area contributed by atoms with Crippen molar-refractivity contribution in [3.8, 4) is 0 Å². The van der Waals surface area contributed by atoms with Crippen LogP contribution in [0.1, 0.15) is 17.3 Å². The summed E-state index contributed by atoms with van der Waals surface area (Å²) in [5, 5.41) is 5.84. The molecule has 0 unspecified atom stereocenters. The van der Waals surface area contributed by atoms with E-state index in [2.05, 4.69) is 10.0 Å². The molecular weight excluding hydrogens is 394 g/mol. The van der Waals surface area contributed by atoms with Crippen LogP contribution in [0, 0.1) is 0 Å². The average molecular weight is 411 g/mol. The zero-order chi connectivity index (χ0) is 20.0. The van der Waals surface area contributed by atoms with E-state index in [9.17, 15) is 22.8 Å².